The lowest BCUT2D eigenvalue weighted by Gasteiger charge is -2.18. The van der Waals surface area contributed by atoms with Crippen molar-refractivity contribution in [3.8, 4) is 11.4 Å². The summed E-state index contributed by atoms with van der Waals surface area (Å²) in [5.74, 6) is 0.725. The number of thiophene rings is 1. The van der Waals surface area contributed by atoms with Crippen LogP contribution in [0.2, 0.25) is 0 Å². The maximum absolute atomic E-state index is 13.1. The van der Waals surface area contributed by atoms with Crippen molar-refractivity contribution in [1.29, 1.82) is 0 Å². The average Bonchev–Trinajstić information content (AvgIpc) is 3.08. The summed E-state index contributed by atoms with van der Waals surface area (Å²) < 4.78 is 7.25. The molecule has 1 N–H and O–H groups in total. The molecule has 0 aliphatic heterocycles. The smallest absolute Gasteiger partial charge is 0.275 e. The van der Waals surface area contributed by atoms with Gasteiger partial charge in [0.05, 0.1) is 30.5 Å². The molecule has 0 aliphatic rings. The molecule has 1 aromatic carbocycles. The van der Waals surface area contributed by atoms with E-state index in [1.165, 1.54) is 15.9 Å². The maximum Gasteiger partial charge on any atom is 0.275 e. The summed E-state index contributed by atoms with van der Waals surface area (Å²) in [6, 6.07) is 9.13. The normalized spacial score (nSPS) is 11.2. The van der Waals surface area contributed by atoms with E-state index in [0.29, 0.717) is 16.8 Å². The van der Waals surface area contributed by atoms with Gasteiger partial charge in [-0.25, -0.2) is 9.97 Å². The van der Waals surface area contributed by atoms with Crippen LogP contribution in [0.4, 0.5) is 5.69 Å². The molecule has 3 heterocycles. The third kappa shape index (κ3) is 2.92. The second-order valence-electron chi connectivity index (χ2n) is 6.05. The number of aromatic nitrogens is 3. The van der Waals surface area contributed by atoms with E-state index in [4.69, 9.17) is 4.74 Å². The number of anilines is 1. The number of rotatable bonds is 5. The highest BCUT2D eigenvalue weighted by Gasteiger charge is 2.17. The molecule has 0 atom stereocenters. The largest absolute Gasteiger partial charge is 0.497 e. The number of pyridine rings is 1. The van der Waals surface area contributed by atoms with Crippen LogP contribution in [0.5, 0.6) is 5.75 Å². The Kier molecular flexibility index (Phi) is 4.51. The van der Waals surface area contributed by atoms with Crippen LogP contribution in [0, 0.1) is 0 Å². The zero-order valence-electron chi connectivity index (χ0n) is 14.9. The first-order valence-corrected chi connectivity index (χ1v) is 9.21. The molecule has 7 nitrogen and oxygen atoms in total. The molecule has 0 aliphatic carbocycles. The van der Waals surface area contributed by atoms with E-state index >= 15 is 0 Å². The summed E-state index contributed by atoms with van der Waals surface area (Å²) >= 11 is 1.33. The molecule has 27 heavy (non-hydrogen) atoms. The molecule has 0 saturated heterocycles. The lowest BCUT2D eigenvalue weighted by atomic mass is 10.2. The molecule has 0 saturated carbocycles. The van der Waals surface area contributed by atoms with Gasteiger partial charge in [-0.3, -0.25) is 9.36 Å². The van der Waals surface area contributed by atoms with Gasteiger partial charge < -0.3 is 14.7 Å². The summed E-state index contributed by atoms with van der Waals surface area (Å²) in [5.41, 5.74) is 2.12. The van der Waals surface area contributed by atoms with E-state index in [1.807, 2.05) is 30.1 Å². The second kappa shape index (κ2) is 6.98. The molecular weight excluding hydrogens is 364 g/mol. The zero-order valence-corrected chi connectivity index (χ0v) is 15.7. The highest BCUT2D eigenvalue weighted by atomic mass is 32.1. The summed E-state index contributed by atoms with van der Waals surface area (Å²) in [6.45, 7) is 0.527. The van der Waals surface area contributed by atoms with Gasteiger partial charge >= 0.3 is 0 Å². The summed E-state index contributed by atoms with van der Waals surface area (Å²) in [6.07, 6.45) is 3.25. The van der Waals surface area contributed by atoms with E-state index < -0.39 is 0 Å². The van der Waals surface area contributed by atoms with E-state index in [1.54, 1.807) is 31.8 Å². The Morgan fingerprint density at radius 1 is 1.22 bits per heavy atom. The number of benzene rings is 1. The molecule has 3 aromatic heterocycles. The number of ether oxygens (including phenoxy) is 1. The zero-order chi connectivity index (χ0) is 19.0. The molecule has 0 fully saturated rings. The molecule has 0 bridgehead atoms. The SMILES string of the molecule is COc1ccc(-n2cnc3c(sc4nccc(N(C)CCO)c43)c2=O)cc1. The Morgan fingerprint density at radius 3 is 2.70 bits per heavy atom. The van der Waals surface area contributed by atoms with Crippen molar-refractivity contribution in [3.63, 3.8) is 0 Å². The van der Waals surface area contributed by atoms with Gasteiger partial charge in [-0.15, -0.1) is 11.3 Å². The predicted octanol–water partition coefficient (Wildman–Crippen LogP) is 2.43. The molecule has 0 radical (unpaired) electrons. The van der Waals surface area contributed by atoms with E-state index in [-0.39, 0.29) is 12.2 Å². The second-order valence-corrected chi connectivity index (χ2v) is 7.05. The standard InChI is InChI=1S/C19H18N4O3S/c1-22(9-10-24)14-7-8-20-18-15(14)16-17(27-18)19(25)23(11-21-16)12-3-5-13(26-2)6-4-12/h3-8,11,24H,9-10H2,1-2H3. The van der Waals surface area contributed by atoms with Crippen LogP contribution in [0.25, 0.3) is 26.1 Å². The predicted molar refractivity (Wildman–Crippen MR) is 107 cm³/mol. The minimum atomic E-state index is -0.135. The number of aliphatic hydroxyl groups excluding tert-OH is 1. The highest BCUT2D eigenvalue weighted by molar-refractivity contribution is 7.25. The van der Waals surface area contributed by atoms with E-state index in [9.17, 15) is 9.90 Å². The van der Waals surface area contributed by atoms with Crippen molar-refractivity contribution in [3.05, 3.63) is 53.2 Å². The Hall–Kier alpha value is -2.97. The van der Waals surface area contributed by atoms with Gasteiger partial charge in [-0.1, -0.05) is 0 Å². The molecule has 0 unspecified atom stereocenters. The van der Waals surface area contributed by atoms with Gasteiger partial charge in [0.1, 0.15) is 27.1 Å². The molecule has 0 spiro atoms. The van der Waals surface area contributed by atoms with E-state index in [0.717, 1.165) is 27.3 Å². The summed E-state index contributed by atoms with van der Waals surface area (Å²) in [4.78, 5) is 24.7. The van der Waals surface area contributed by atoms with Gasteiger partial charge in [-0.2, -0.15) is 0 Å². The third-order valence-corrected chi connectivity index (χ3v) is 5.53. The molecule has 0 amide bonds. The van der Waals surface area contributed by atoms with Crippen molar-refractivity contribution in [1.82, 2.24) is 14.5 Å². The Bertz CT molecular complexity index is 1170. The monoisotopic (exact) mass is 382 g/mol. The van der Waals surface area contributed by atoms with Gasteiger partial charge in [0.2, 0.25) is 0 Å². The van der Waals surface area contributed by atoms with Gasteiger partial charge in [-0.05, 0) is 30.3 Å². The first-order valence-electron chi connectivity index (χ1n) is 8.39. The number of methoxy groups -OCH3 is 1. The van der Waals surface area contributed by atoms with Crippen molar-refractivity contribution in [2.24, 2.45) is 0 Å². The van der Waals surface area contributed by atoms with Crippen LogP contribution >= 0.6 is 11.3 Å². The Labute approximate surface area is 159 Å². The van der Waals surface area contributed by atoms with Crippen LogP contribution in [0.3, 0.4) is 0 Å². The van der Waals surface area contributed by atoms with Crippen LogP contribution in [0.15, 0.2) is 47.7 Å². The fourth-order valence-corrected chi connectivity index (χ4v) is 4.10. The molecule has 8 heteroatoms. The van der Waals surface area contributed by atoms with Crippen LogP contribution in [-0.2, 0) is 0 Å². The molecule has 138 valence electrons. The summed E-state index contributed by atoms with van der Waals surface area (Å²) in [7, 11) is 3.50. The number of hydrogen-bond acceptors (Lipinski definition) is 7. The lowest BCUT2D eigenvalue weighted by Crippen LogP contribution is -2.21. The van der Waals surface area contributed by atoms with E-state index in [2.05, 4.69) is 9.97 Å². The topological polar surface area (TPSA) is 80.5 Å². The average molecular weight is 382 g/mol. The maximum atomic E-state index is 13.1. The first-order chi connectivity index (χ1) is 13.1. The van der Waals surface area contributed by atoms with Gasteiger partial charge in [0.15, 0.2) is 0 Å². The Balaban J connectivity index is 1.92. The highest BCUT2D eigenvalue weighted by Crippen LogP contribution is 2.35. The quantitative estimate of drug-likeness (QED) is 0.571. The van der Waals surface area contributed by atoms with Crippen LogP contribution < -0.4 is 15.2 Å². The van der Waals surface area contributed by atoms with Gasteiger partial charge in [0.25, 0.3) is 5.56 Å². The number of hydrogen-bond donors (Lipinski definition) is 1. The van der Waals surface area contributed by atoms with Crippen molar-refractivity contribution in [2.45, 2.75) is 0 Å². The number of fused-ring (bicyclic) bond motifs is 3. The van der Waals surface area contributed by atoms with Crippen LogP contribution in [0.1, 0.15) is 0 Å². The van der Waals surface area contributed by atoms with Crippen molar-refractivity contribution in [2.75, 3.05) is 32.2 Å². The number of aliphatic hydroxyl groups is 1. The minimum Gasteiger partial charge on any atom is -0.497 e. The number of nitrogens with zero attached hydrogens (tertiary/aromatic N) is 4. The first kappa shape index (κ1) is 17.4. The third-order valence-electron chi connectivity index (χ3n) is 4.46. The van der Waals surface area contributed by atoms with Crippen molar-refractivity contribution >= 4 is 37.5 Å². The Morgan fingerprint density at radius 2 is 2.00 bits per heavy atom. The van der Waals surface area contributed by atoms with Crippen molar-refractivity contribution < 1.29 is 9.84 Å². The van der Waals surface area contributed by atoms with Gasteiger partial charge in [0, 0.05) is 19.8 Å². The lowest BCUT2D eigenvalue weighted by molar-refractivity contribution is 0.304. The summed E-state index contributed by atoms with van der Waals surface area (Å²) in [5, 5.41) is 10.1. The fraction of sp³-hybridized carbons (Fsp3) is 0.211. The number of likely N-dealkylation sites (N-methyl/N-ethyl adjacent to an activating group) is 1. The molecule has 4 rings (SSSR count). The minimum absolute atomic E-state index is 0.0418. The molecule has 4 aromatic rings. The molecular formula is C19H18N4O3S. The van der Waals surface area contributed by atoms with Crippen LogP contribution in [-0.4, -0.2) is 47.0 Å². The fourth-order valence-electron chi connectivity index (χ4n) is 3.05.